The van der Waals surface area contributed by atoms with Gasteiger partial charge in [0.1, 0.15) is 11.9 Å². The fourth-order valence-electron chi connectivity index (χ4n) is 3.97. The van der Waals surface area contributed by atoms with Gasteiger partial charge in [0, 0.05) is 44.8 Å². The lowest BCUT2D eigenvalue weighted by molar-refractivity contribution is -0.139. The van der Waals surface area contributed by atoms with E-state index >= 15 is 0 Å². The zero-order chi connectivity index (χ0) is 18.1. The predicted octanol–water partition coefficient (Wildman–Crippen LogP) is 1.12. The molecule has 138 valence electrons. The molecule has 2 aliphatic rings. The van der Waals surface area contributed by atoms with Gasteiger partial charge in [-0.1, -0.05) is 18.2 Å². The third kappa shape index (κ3) is 3.32. The SMILES string of the molecule is Cc1cc(N2CCN([C@@H]3CN[C@H](C(=O)O)C3)CC2)n(-c2ccccc2)n1. The van der Waals surface area contributed by atoms with E-state index in [1.807, 2.05) is 29.8 Å². The van der Waals surface area contributed by atoms with E-state index in [0.717, 1.165) is 49.9 Å². The maximum Gasteiger partial charge on any atom is 0.320 e. The molecule has 0 unspecified atom stereocenters. The van der Waals surface area contributed by atoms with Crippen LogP contribution in [0.5, 0.6) is 0 Å². The van der Waals surface area contributed by atoms with E-state index in [2.05, 4.69) is 38.4 Å². The molecule has 0 spiro atoms. The highest BCUT2D eigenvalue weighted by Gasteiger charge is 2.34. The van der Waals surface area contributed by atoms with Crippen molar-refractivity contribution in [1.29, 1.82) is 0 Å². The Morgan fingerprint density at radius 2 is 1.92 bits per heavy atom. The van der Waals surface area contributed by atoms with Gasteiger partial charge < -0.3 is 15.3 Å². The Balaban J connectivity index is 1.44. The molecule has 2 fully saturated rings. The Bertz CT molecular complexity index is 767. The van der Waals surface area contributed by atoms with Crippen molar-refractivity contribution in [3.63, 3.8) is 0 Å². The molecule has 2 aliphatic heterocycles. The van der Waals surface area contributed by atoms with Gasteiger partial charge in [0.15, 0.2) is 0 Å². The molecule has 26 heavy (non-hydrogen) atoms. The molecule has 2 N–H and O–H groups in total. The van der Waals surface area contributed by atoms with E-state index in [9.17, 15) is 4.79 Å². The molecule has 2 atom stereocenters. The molecule has 2 aromatic rings. The van der Waals surface area contributed by atoms with E-state index in [-0.39, 0.29) is 0 Å². The van der Waals surface area contributed by atoms with Crippen molar-refractivity contribution in [3.8, 4) is 5.69 Å². The number of nitrogens with one attached hydrogen (secondary N) is 1. The van der Waals surface area contributed by atoms with Crippen LogP contribution < -0.4 is 10.2 Å². The predicted molar refractivity (Wildman–Crippen MR) is 99.9 cm³/mol. The van der Waals surface area contributed by atoms with Gasteiger partial charge in [-0.2, -0.15) is 5.10 Å². The molecule has 4 rings (SSSR count). The molecule has 0 saturated carbocycles. The van der Waals surface area contributed by atoms with E-state index in [1.165, 1.54) is 0 Å². The van der Waals surface area contributed by atoms with Crippen LogP contribution in [0.3, 0.4) is 0 Å². The zero-order valence-corrected chi connectivity index (χ0v) is 15.0. The third-order valence-corrected chi connectivity index (χ3v) is 5.37. The van der Waals surface area contributed by atoms with Crippen LogP contribution in [0.25, 0.3) is 5.69 Å². The van der Waals surface area contributed by atoms with E-state index in [4.69, 9.17) is 5.11 Å². The summed E-state index contributed by atoms with van der Waals surface area (Å²) in [5.41, 5.74) is 2.08. The summed E-state index contributed by atoms with van der Waals surface area (Å²) in [4.78, 5) is 15.9. The highest BCUT2D eigenvalue weighted by Crippen LogP contribution is 2.24. The number of hydrogen-bond acceptors (Lipinski definition) is 5. The summed E-state index contributed by atoms with van der Waals surface area (Å²) in [6.45, 7) is 6.52. The molecular formula is C19H25N5O2. The van der Waals surface area contributed by atoms with E-state index < -0.39 is 12.0 Å². The number of anilines is 1. The van der Waals surface area contributed by atoms with Crippen molar-refractivity contribution >= 4 is 11.8 Å². The second kappa shape index (κ2) is 7.09. The summed E-state index contributed by atoms with van der Waals surface area (Å²) >= 11 is 0. The summed E-state index contributed by atoms with van der Waals surface area (Å²) in [6, 6.07) is 12.3. The van der Waals surface area contributed by atoms with Crippen LogP contribution in [0.4, 0.5) is 5.82 Å². The smallest absolute Gasteiger partial charge is 0.320 e. The van der Waals surface area contributed by atoms with Gasteiger partial charge in [0.2, 0.25) is 0 Å². The molecule has 0 radical (unpaired) electrons. The van der Waals surface area contributed by atoms with Gasteiger partial charge in [-0.3, -0.25) is 9.69 Å². The van der Waals surface area contributed by atoms with Crippen molar-refractivity contribution in [2.75, 3.05) is 37.6 Å². The Kier molecular flexibility index (Phi) is 4.65. The van der Waals surface area contributed by atoms with Crippen LogP contribution in [0.1, 0.15) is 12.1 Å². The fraction of sp³-hybridized carbons (Fsp3) is 0.474. The van der Waals surface area contributed by atoms with Gasteiger partial charge in [-0.25, -0.2) is 4.68 Å². The van der Waals surface area contributed by atoms with Crippen LogP contribution in [0.15, 0.2) is 36.4 Å². The van der Waals surface area contributed by atoms with Crippen molar-refractivity contribution in [1.82, 2.24) is 20.0 Å². The molecule has 1 aromatic heterocycles. The first kappa shape index (κ1) is 17.1. The Morgan fingerprint density at radius 1 is 1.19 bits per heavy atom. The lowest BCUT2D eigenvalue weighted by atomic mass is 10.1. The maximum atomic E-state index is 11.1. The molecule has 1 aromatic carbocycles. The Hall–Kier alpha value is -2.38. The number of piperazine rings is 1. The van der Waals surface area contributed by atoms with E-state index in [1.54, 1.807) is 0 Å². The van der Waals surface area contributed by atoms with Crippen LogP contribution in [0, 0.1) is 6.92 Å². The zero-order valence-electron chi connectivity index (χ0n) is 15.0. The second-order valence-corrected chi connectivity index (χ2v) is 7.10. The molecule has 7 heteroatoms. The Morgan fingerprint density at radius 3 is 2.58 bits per heavy atom. The molecule has 3 heterocycles. The van der Waals surface area contributed by atoms with E-state index in [0.29, 0.717) is 12.5 Å². The van der Waals surface area contributed by atoms with Crippen LogP contribution in [-0.4, -0.2) is 70.6 Å². The number of aromatic nitrogens is 2. The normalized spacial score (nSPS) is 24.1. The number of nitrogens with zero attached hydrogens (tertiary/aromatic N) is 4. The highest BCUT2D eigenvalue weighted by molar-refractivity contribution is 5.74. The summed E-state index contributed by atoms with van der Waals surface area (Å²) < 4.78 is 2.02. The number of rotatable bonds is 4. The van der Waals surface area contributed by atoms with Gasteiger partial charge in [0.05, 0.1) is 11.4 Å². The standard InChI is InChI=1S/C19H25N5O2/c1-14-11-18(24(21-14)15-5-3-2-4-6-15)23-9-7-22(8-10-23)16-12-17(19(25)26)20-13-16/h2-6,11,16-17,20H,7-10,12-13H2,1H3,(H,25,26)/t16-,17-/m0/s1. The number of aryl methyl sites for hydroxylation is 1. The minimum absolute atomic E-state index is 0.319. The lowest BCUT2D eigenvalue weighted by Gasteiger charge is -2.38. The van der Waals surface area contributed by atoms with Gasteiger partial charge in [0.25, 0.3) is 0 Å². The second-order valence-electron chi connectivity index (χ2n) is 7.10. The summed E-state index contributed by atoms with van der Waals surface area (Å²) in [5, 5.41) is 16.9. The lowest BCUT2D eigenvalue weighted by Crippen LogP contribution is -2.51. The quantitative estimate of drug-likeness (QED) is 0.856. The number of carbonyl (C=O) groups is 1. The fourth-order valence-corrected chi connectivity index (χ4v) is 3.97. The first-order chi connectivity index (χ1) is 12.6. The average Bonchev–Trinajstić information content (AvgIpc) is 3.30. The summed E-state index contributed by atoms with van der Waals surface area (Å²) in [6.07, 6.45) is 0.691. The van der Waals surface area contributed by atoms with Crippen LogP contribution in [-0.2, 0) is 4.79 Å². The van der Waals surface area contributed by atoms with Gasteiger partial charge in [-0.05, 0) is 25.5 Å². The number of para-hydroxylation sites is 1. The number of carboxylic acid groups (broad SMARTS) is 1. The number of aliphatic carboxylic acids is 1. The molecular weight excluding hydrogens is 330 g/mol. The molecule has 7 nitrogen and oxygen atoms in total. The number of benzene rings is 1. The Labute approximate surface area is 153 Å². The van der Waals surface area contributed by atoms with Crippen molar-refractivity contribution in [2.24, 2.45) is 0 Å². The third-order valence-electron chi connectivity index (χ3n) is 5.37. The molecule has 2 saturated heterocycles. The average molecular weight is 355 g/mol. The first-order valence-electron chi connectivity index (χ1n) is 9.19. The largest absolute Gasteiger partial charge is 0.480 e. The number of carboxylic acids is 1. The molecule has 0 aliphatic carbocycles. The first-order valence-corrected chi connectivity index (χ1v) is 9.19. The number of hydrogen-bond donors (Lipinski definition) is 2. The molecule has 0 bridgehead atoms. The topological polar surface area (TPSA) is 73.6 Å². The minimum Gasteiger partial charge on any atom is -0.480 e. The summed E-state index contributed by atoms with van der Waals surface area (Å²) in [5.74, 6) is 0.384. The van der Waals surface area contributed by atoms with Crippen molar-refractivity contribution in [3.05, 3.63) is 42.1 Å². The summed E-state index contributed by atoms with van der Waals surface area (Å²) in [7, 11) is 0. The van der Waals surface area contributed by atoms with Crippen molar-refractivity contribution < 1.29 is 9.90 Å². The minimum atomic E-state index is -0.742. The van der Waals surface area contributed by atoms with Crippen molar-refractivity contribution in [2.45, 2.75) is 25.4 Å². The van der Waals surface area contributed by atoms with Crippen LogP contribution >= 0.6 is 0 Å². The monoisotopic (exact) mass is 355 g/mol. The highest BCUT2D eigenvalue weighted by atomic mass is 16.4. The van der Waals surface area contributed by atoms with Crippen LogP contribution in [0.2, 0.25) is 0 Å². The van der Waals surface area contributed by atoms with Gasteiger partial charge in [-0.15, -0.1) is 0 Å². The molecule has 0 amide bonds. The van der Waals surface area contributed by atoms with Gasteiger partial charge >= 0.3 is 5.97 Å². The maximum absolute atomic E-state index is 11.1.